The number of hydrogen-bond acceptors (Lipinski definition) is 3. The van der Waals surface area contributed by atoms with Gasteiger partial charge in [0.1, 0.15) is 0 Å². The smallest absolute Gasteiger partial charge is 0.237 e. The number of aryl methyl sites for hydroxylation is 1. The summed E-state index contributed by atoms with van der Waals surface area (Å²) in [5.41, 5.74) is 10.1. The molecule has 23 heavy (non-hydrogen) atoms. The van der Waals surface area contributed by atoms with Crippen molar-refractivity contribution in [3.05, 3.63) is 52.8 Å². The maximum atomic E-state index is 12.0. The van der Waals surface area contributed by atoms with Crippen LogP contribution in [0.2, 0.25) is 0 Å². The second kappa shape index (κ2) is 7.92. The summed E-state index contributed by atoms with van der Waals surface area (Å²) in [5.74, 6) is -0.0959. The van der Waals surface area contributed by atoms with E-state index in [0.29, 0.717) is 13.0 Å². The number of amides is 1. The summed E-state index contributed by atoms with van der Waals surface area (Å²) in [5, 5.41) is 7.52. The highest BCUT2D eigenvalue weighted by Gasteiger charge is 2.15. The molecule has 0 spiro atoms. The number of rotatable bonds is 7. The van der Waals surface area contributed by atoms with Crippen LogP contribution in [-0.4, -0.2) is 21.7 Å². The van der Waals surface area contributed by atoms with Gasteiger partial charge in [0.25, 0.3) is 0 Å². The normalized spacial score (nSPS) is 12.2. The van der Waals surface area contributed by atoms with Crippen molar-refractivity contribution in [2.45, 2.75) is 52.7 Å². The fraction of sp³-hybridized carbons (Fsp3) is 0.444. The SMILES string of the molecule is CCCC(N)C(=O)NCc1c(C)nn(Cc2ccccc2)c1C. The molecule has 1 amide bonds. The molecule has 3 N–H and O–H groups in total. The minimum Gasteiger partial charge on any atom is -0.351 e. The second-order valence-electron chi connectivity index (χ2n) is 5.91. The Morgan fingerprint density at radius 1 is 1.30 bits per heavy atom. The zero-order chi connectivity index (χ0) is 16.8. The van der Waals surface area contributed by atoms with Gasteiger partial charge in [0.15, 0.2) is 0 Å². The van der Waals surface area contributed by atoms with Crippen LogP contribution in [0.4, 0.5) is 0 Å². The third-order valence-electron chi connectivity index (χ3n) is 4.08. The van der Waals surface area contributed by atoms with E-state index in [1.807, 2.05) is 43.7 Å². The summed E-state index contributed by atoms with van der Waals surface area (Å²) in [7, 11) is 0. The molecule has 0 radical (unpaired) electrons. The first kappa shape index (κ1) is 17.2. The van der Waals surface area contributed by atoms with E-state index in [4.69, 9.17) is 5.73 Å². The van der Waals surface area contributed by atoms with Crippen molar-refractivity contribution in [2.24, 2.45) is 5.73 Å². The molecular weight excluding hydrogens is 288 g/mol. The molecule has 124 valence electrons. The van der Waals surface area contributed by atoms with Gasteiger partial charge in [-0.25, -0.2) is 0 Å². The number of carbonyl (C=O) groups excluding carboxylic acids is 1. The summed E-state index contributed by atoms with van der Waals surface area (Å²) < 4.78 is 1.98. The molecule has 0 saturated heterocycles. The molecule has 0 aliphatic heterocycles. The average Bonchev–Trinajstić information content (AvgIpc) is 2.80. The third-order valence-corrected chi connectivity index (χ3v) is 4.08. The molecule has 1 unspecified atom stereocenters. The van der Waals surface area contributed by atoms with Crippen molar-refractivity contribution < 1.29 is 4.79 Å². The number of nitrogens with zero attached hydrogens (tertiary/aromatic N) is 2. The Morgan fingerprint density at radius 2 is 2.00 bits per heavy atom. The minimum atomic E-state index is -0.431. The predicted molar refractivity (Wildman–Crippen MR) is 92.0 cm³/mol. The van der Waals surface area contributed by atoms with E-state index < -0.39 is 6.04 Å². The molecule has 0 bridgehead atoms. The first-order chi connectivity index (χ1) is 11.0. The zero-order valence-corrected chi connectivity index (χ0v) is 14.2. The number of nitrogens with one attached hydrogen (secondary N) is 1. The maximum Gasteiger partial charge on any atom is 0.237 e. The van der Waals surface area contributed by atoms with E-state index in [1.54, 1.807) is 0 Å². The van der Waals surface area contributed by atoms with Crippen molar-refractivity contribution in [2.75, 3.05) is 0 Å². The molecule has 0 fully saturated rings. The lowest BCUT2D eigenvalue weighted by Crippen LogP contribution is -2.40. The first-order valence-corrected chi connectivity index (χ1v) is 8.13. The minimum absolute atomic E-state index is 0.0959. The highest BCUT2D eigenvalue weighted by atomic mass is 16.2. The van der Waals surface area contributed by atoms with E-state index in [2.05, 4.69) is 22.5 Å². The van der Waals surface area contributed by atoms with Crippen molar-refractivity contribution in [3.8, 4) is 0 Å². The Kier molecular flexibility index (Phi) is 5.93. The standard InChI is InChI=1S/C18H26N4O/c1-4-8-17(19)18(23)20-11-16-13(2)21-22(14(16)3)12-15-9-6-5-7-10-15/h5-7,9-10,17H,4,8,11-12,19H2,1-3H3,(H,20,23). The van der Waals surface area contributed by atoms with Gasteiger partial charge in [0, 0.05) is 17.8 Å². The quantitative estimate of drug-likeness (QED) is 0.823. The monoisotopic (exact) mass is 314 g/mol. The molecule has 0 saturated carbocycles. The molecule has 1 aromatic carbocycles. The lowest BCUT2D eigenvalue weighted by atomic mass is 10.1. The van der Waals surface area contributed by atoms with Gasteiger partial charge in [-0.2, -0.15) is 5.10 Å². The van der Waals surface area contributed by atoms with E-state index in [0.717, 1.165) is 29.9 Å². The number of aromatic nitrogens is 2. The molecule has 2 aromatic rings. The number of hydrogen-bond donors (Lipinski definition) is 2. The van der Waals surface area contributed by atoms with Gasteiger partial charge < -0.3 is 11.1 Å². The molecule has 5 nitrogen and oxygen atoms in total. The van der Waals surface area contributed by atoms with Crippen LogP contribution in [0.15, 0.2) is 30.3 Å². The van der Waals surface area contributed by atoms with Crippen molar-refractivity contribution in [3.63, 3.8) is 0 Å². The van der Waals surface area contributed by atoms with Crippen molar-refractivity contribution in [1.82, 2.24) is 15.1 Å². The second-order valence-corrected chi connectivity index (χ2v) is 5.91. The molecule has 1 aromatic heterocycles. The molecule has 1 atom stereocenters. The highest BCUT2D eigenvalue weighted by Crippen LogP contribution is 2.14. The lowest BCUT2D eigenvalue weighted by molar-refractivity contribution is -0.122. The fourth-order valence-corrected chi connectivity index (χ4v) is 2.65. The van der Waals surface area contributed by atoms with Gasteiger partial charge in [0.2, 0.25) is 5.91 Å². The zero-order valence-electron chi connectivity index (χ0n) is 14.2. The van der Waals surface area contributed by atoms with Crippen LogP contribution in [0.25, 0.3) is 0 Å². The van der Waals surface area contributed by atoms with Crippen molar-refractivity contribution in [1.29, 1.82) is 0 Å². The largest absolute Gasteiger partial charge is 0.351 e. The van der Waals surface area contributed by atoms with Crippen LogP contribution in [0.5, 0.6) is 0 Å². The summed E-state index contributed by atoms with van der Waals surface area (Å²) in [4.78, 5) is 12.0. The van der Waals surface area contributed by atoms with Crippen molar-refractivity contribution >= 4 is 5.91 Å². The molecule has 0 aliphatic rings. The summed E-state index contributed by atoms with van der Waals surface area (Å²) in [6.07, 6.45) is 1.61. The molecule has 1 heterocycles. The van der Waals surface area contributed by atoms with E-state index in [1.165, 1.54) is 5.56 Å². The first-order valence-electron chi connectivity index (χ1n) is 8.13. The van der Waals surface area contributed by atoms with E-state index in [-0.39, 0.29) is 5.91 Å². The summed E-state index contributed by atoms with van der Waals surface area (Å²) in [6.45, 7) is 7.24. The van der Waals surface area contributed by atoms with Gasteiger partial charge in [-0.15, -0.1) is 0 Å². The van der Waals surface area contributed by atoms with Crippen LogP contribution in [-0.2, 0) is 17.9 Å². The van der Waals surface area contributed by atoms with Gasteiger partial charge in [-0.3, -0.25) is 9.48 Å². The van der Waals surface area contributed by atoms with Gasteiger partial charge in [-0.05, 0) is 25.8 Å². The highest BCUT2D eigenvalue weighted by molar-refractivity contribution is 5.81. The Labute approximate surface area is 137 Å². The number of nitrogens with two attached hydrogens (primary N) is 1. The maximum absolute atomic E-state index is 12.0. The van der Waals surface area contributed by atoms with Crippen LogP contribution in [0, 0.1) is 13.8 Å². The number of benzene rings is 1. The molecular formula is C18H26N4O. The topological polar surface area (TPSA) is 72.9 Å². The van der Waals surface area contributed by atoms with Crippen LogP contribution >= 0.6 is 0 Å². The van der Waals surface area contributed by atoms with E-state index in [9.17, 15) is 4.79 Å². The molecule has 2 rings (SSSR count). The van der Waals surface area contributed by atoms with E-state index >= 15 is 0 Å². The molecule has 0 aliphatic carbocycles. The Hall–Kier alpha value is -2.14. The Morgan fingerprint density at radius 3 is 2.65 bits per heavy atom. The van der Waals surface area contributed by atoms with Crippen LogP contribution < -0.4 is 11.1 Å². The lowest BCUT2D eigenvalue weighted by Gasteiger charge is -2.11. The average molecular weight is 314 g/mol. The summed E-state index contributed by atoms with van der Waals surface area (Å²) >= 11 is 0. The Balaban J connectivity index is 2.04. The summed E-state index contributed by atoms with van der Waals surface area (Å²) in [6, 6.07) is 9.79. The number of carbonyl (C=O) groups is 1. The Bertz CT molecular complexity index is 649. The van der Waals surface area contributed by atoms with Gasteiger partial charge in [0.05, 0.1) is 18.3 Å². The predicted octanol–water partition coefficient (Wildman–Crippen LogP) is 2.29. The fourth-order valence-electron chi connectivity index (χ4n) is 2.65. The van der Waals surface area contributed by atoms with Crippen LogP contribution in [0.3, 0.4) is 0 Å². The third kappa shape index (κ3) is 4.42. The molecule has 5 heteroatoms. The van der Waals surface area contributed by atoms with Gasteiger partial charge >= 0.3 is 0 Å². The van der Waals surface area contributed by atoms with Crippen LogP contribution in [0.1, 0.15) is 42.3 Å². The van der Waals surface area contributed by atoms with Gasteiger partial charge in [-0.1, -0.05) is 43.7 Å².